The Morgan fingerprint density at radius 1 is 1.07 bits per heavy atom. The molecule has 0 amide bonds. The first-order chi connectivity index (χ1) is 12.3. The van der Waals surface area contributed by atoms with E-state index in [0.29, 0.717) is 13.2 Å². The van der Waals surface area contributed by atoms with Crippen LogP contribution in [0.3, 0.4) is 0 Å². The molecule has 2 saturated heterocycles. The minimum atomic E-state index is -2.33. The van der Waals surface area contributed by atoms with Crippen molar-refractivity contribution < 1.29 is 78.8 Å². The summed E-state index contributed by atoms with van der Waals surface area (Å²) in [6, 6.07) is 0.218. The van der Waals surface area contributed by atoms with Gasteiger partial charge in [-0.3, -0.25) is 9.80 Å². The summed E-state index contributed by atoms with van der Waals surface area (Å²) in [6.07, 6.45) is 0.0790. The van der Waals surface area contributed by atoms with E-state index in [-0.39, 0.29) is 92.0 Å². The Labute approximate surface area is 218 Å². The third-order valence-corrected chi connectivity index (χ3v) is 5.11. The normalized spacial score (nSPS) is 24.5. The number of nitrogens with zero attached hydrogens (tertiary/aromatic N) is 2. The maximum absolute atomic E-state index is 12.2. The van der Waals surface area contributed by atoms with Gasteiger partial charge in [-0.1, -0.05) is 6.92 Å². The molecule has 2 aliphatic heterocycles. The van der Waals surface area contributed by atoms with Crippen LogP contribution in [0.25, 0.3) is 0 Å². The van der Waals surface area contributed by atoms with Crippen molar-refractivity contribution in [2.24, 2.45) is 0 Å². The van der Waals surface area contributed by atoms with Gasteiger partial charge in [0.25, 0.3) is 12.9 Å². The Kier molecular flexibility index (Phi) is 22.5. The van der Waals surface area contributed by atoms with Gasteiger partial charge in [0.05, 0.1) is 19.7 Å². The molecule has 0 aromatic rings. The predicted molar refractivity (Wildman–Crippen MR) is 105 cm³/mol. The van der Waals surface area contributed by atoms with Crippen LogP contribution in [0.2, 0.25) is 0 Å². The van der Waals surface area contributed by atoms with E-state index in [2.05, 4.69) is 0 Å². The fraction of sp³-hybridized carbons (Fsp3) is 0.900. The van der Waals surface area contributed by atoms with Crippen LogP contribution in [-0.2, 0) is 4.74 Å². The Morgan fingerprint density at radius 3 is 2.21 bits per heavy atom. The summed E-state index contributed by atoms with van der Waals surface area (Å²) in [6.45, 7) is 5.98. The molecule has 0 spiro atoms. The number of rotatable bonds is 9. The fourth-order valence-electron chi connectivity index (χ4n) is 3.59. The third-order valence-electron chi connectivity index (χ3n) is 5.11. The van der Waals surface area contributed by atoms with Gasteiger partial charge in [0, 0.05) is 18.2 Å². The van der Waals surface area contributed by atoms with Gasteiger partial charge in [0.1, 0.15) is 0 Å². The van der Waals surface area contributed by atoms with Gasteiger partial charge in [0.15, 0.2) is 0 Å². The molecular formula is C20H39F4KN2O2-2. The second-order valence-corrected chi connectivity index (χ2v) is 7.34. The van der Waals surface area contributed by atoms with Crippen molar-refractivity contribution in [2.45, 2.75) is 70.4 Å². The minimum absolute atomic E-state index is 0. The molecule has 29 heavy (non-hydrogen) atoms. The molecular weight excluding hydrogens is 415 g/mol. The molecule has 9 heteroatoms. The van der Waals surface area contributed by atoms with E-state index in [1.54, 1.807) is 11.8 Å². The van der Waals surface area contributed by atoms with Crippen LogP contribution in [0.5, 0.6) is 0 Å². The van der Waals surface area contributed by atoms with Crippen LogP contribution in [0.15, 0.2) is 0 Å². The second kappa shape index (κ2) is 18.7. The topological polar surface area (TPSA) is 38.8 Å². The van der Waals surface area contributed by atoms with E-state index < -0.39 is 18.4 Å². The number of hydrogen-bond acceptors (Lipinski definition) is 4. The van der Waals surface area contributed by atoms with Crippen molar-refractivity contribution in [1.29, 1.82) is 0 Å². The standard InChI is InChI=1S/C10H19F2NO.C8H14F2NO.2CH3.K/c1-2-6-14-8-9-4-3-5-13(9)7-10(11)12;1-8(6-12)3-2-4-11(8)5-7(9)10;;;/h9-10H,2-8H2,1H3;7H,2-6H2,1H3;2*1H3;/q;3*-1;+1. The Bertz CT molecular complexity index is 384. The largest absolute Gasteiger partial charge is 1.00 e. The summed E-state index contributed by atoms with van der Waals surface area (Å²) in [5.41, 5.74) is -0.517. The first-order valence-electron chi connectivity index (χ1n) is 9.53. The van der Waals surface area contributed by atoms with Gasteiger partial charge in [-0.2, -0.15) is 0 Å². The zero-order valence-corrected chi connectivity index (χ0v) is 22.1. The van der Waals surface area contributed by atoms with Crippen molar-refractivity contribution in [3.05, 3.63) is 14.9 Å². The maximum Gasteiger partial charge on any atom is 1.00 e. The van der Waals surface area contributed by atoms with Crippen molar-refractivity contribution in [1.82, 2.24) is 9.80 Å². The van der Waals surface area contributed by atoms with Crippen molar-refractivity contribution in [3.63, 3.8) is 0 Å². The van der Waals surface area contributed by atoms with E-state index in [1.807, 2.05) is 11.8 Å². The van der Waals surface area contributed by atoms with Gasteiger partial charge >= 0.3 is 51.4 Å². The van der Waals surface area contributed by atoms with E-state index in [9.17, 15) is 22.7 Å². The number of halogens is 4. The summed E-state index contributed by atoms with van der Waals surface area (Å²) >= 11 is 0. The van der Waals surface area contributed by atoms with Crippen LogP contribution < -0.4 is 56.5 Å². The Morgan fingerprint density at radius 2 is 1.69 bits per heavy atom. The molecule has 0 N–H and O–H groups in total. The predicted octanol–water partition coefficient (Wildman–Crippen LogP) is 0.513. The molecule has 2 rings (SSSR count). The van der Waals surface area contributed by atoms with Gasteiger partial charge in [-0.25, -0.2) is 17.6 Å². The smallest absolute Gasteiger partial charge is 0.853 e. The Balaban J connectivity index is -0.000000426. The summed E-state index contributed by atoms with van der Waals surface area (Å²) in [5.74, 6) is 0. The monoisotopic (exact) mass is 454 g/mol. The van der Waals surface area contributed by atoms with Gasteiger partial charge in [0.2, 0.25) is 0 Å². The summed E-state index contributed by atoms with van der Waals surface area (Å²) in [5, 5.41) is 10.8. The average molecular weight is 455 g/mol. The minimum Gasteiger partial charge on any atom is -0.853 e. The summed E-state index contributed by atoms with van der Waals surface area (Å²) < 4.78 is 53.8. The number of alkyl halides is 4. The molecule has 2 heterocycles. The van der Waals surface area contributed by atoms with E-state index in [0.717, 1.165) is 45.3 Å². The van der Waals surface area contributed by atoms with E-state index in [4.69, 9.17) is 4.74 Å². The molecule has 172 valence electrons. The summed E-state index contributed by atoms with van der Waals surface area (Å²) in [4.78, 5) is 3.46. The van der Waals surface area contributed by atoms with Crippen LogP contribution in [0, 0.1) is 14.9 Å². The molecule has 0 bridgehead atoms. The van der Waals surface area contributed by atoms with Crippen LogP contribution in [0.1, 0.15) is 46.0 Å². The molecule has 0 aromatic carbocycles. The van der Waals surface area contributed by atoms with Crippen molar-refractivity contribution >= 4 is 0 Å². The second-order valence-electron chi connectivity index (χ2n) is 7.34. The maximum atomic E-state index is 12.2. The summed E-state index contributed by atoms with van der Waals surface area (Å²) in [7, 11) is 0. The average Bonchev–Trinajstić information content (AvgIpc) is 3.15. The van der Waals surface area contributed by atoms with Crippen LogP contribution in [0.4, 0.5) is 17.6 Å². The molecule has 2 aliphatic rings. The SMILES string of the molecule is CC1(C[O-])CCCN1CC(F)F.CCCOCC1CCCN1CC(F)F.[CH3-].[CH3-].[K+]. The molecule has 0 aliphatic carbocycles. The molecule has 2 unspecified atom stereocenters. The first-order valence-corrected chi connectivity index (χ1v) is 9.53. The number of hydrogen-bond donors (Lipinski definition) is 0. The zero-order valence-electron chi connectivity index (χ0n) is 18.9. The number of likely N-dealkylation sites (tertiary alicyclic amines) is 2. The van der Waals surface area contributed by atoms with Gasteiger partial charge in [-0.15, -0.1) is 6.61 Å². The molecule has 4 nitrogen and oxygen atoms in total. The molecule has 0 aromatic heterocycles. The van der Waals surface area contributed by atoms with Crippen molar-refractivity contribution in [2.75, 3.05) is 46.0 Å². The molecule has 2 atom stereocenters. The molecule has 2 fully saturated rings. The van der Waals surface area contributed by atoms with Crippen LogP contribution in [-0.4, -0.2) is 80.2 Å². The van der Waals surface area contributed by atoms with Crippen LogP contribution >= 0.6 is 0 Å². The molecule has 0 radical (unpaired) electrons. The third kappa shape index (κ3) is 13.4. The van der Waals surface area contributed by atoms with E-state index >= 15 is 0 Å². The Hall–Kier alpha value is 1.20. The zero-order chi connectivity index (χ0) is 19.6. The fourth-order valence-corrected chi connectivity index (χ4v) is 3.59. The van der Waals surface area contributed by atoms with E-state index in [1.165, 1.54) is 0 Å². The molecule has 0 saturated carbocycles. The number of ether oxygens (including phenoxy) is 1. The van der Waals surface area contributed by atoms with Gasteiger partial charge in [-0.05, 0) is 52.1 Å². The quantitative estimate of drug-likeness (QED) is 0.220. The first kappa shape index (κ1) is 34.8. The van der Waals surface area contributed by atoms with Crippen molar-refractivity contribution in [3.8, 4) is 0 Å². The van der Waals surface area contributed by atoms with Gasteiger partial charge < -0.3 is 24.7 Å².